The Morgan fingerprint density at radius 1 is 0.929 bits per heavy atom. The van der Waals surface area contributed by atoms with Crippen molar-refractivity contribution in [1.29, 1.82) is 0 Å². The lowest BCUT2D eigenvalue weighted by Gasteiger charge is -1.77. The number of hydrogen-bond acceptors (Lipinski definition) is 2. The number of aromatic amines is 2. The molecule has 2 rings (SSSR count). The van der Waals surface area contributed by atoms with E-state index >= 15 is 0 Å². The van der Waals surface area contributed by atoms with Gasteiger partial charge in [-0.1, -0.05) is 0 Å². The lowest BCUT2D eigenvalue weighted by Crippen LogP contribution is -1.73. The van der Waals surface area contributed by atoms with Crippen molar-refractivity contribution in [3.8, 4) is 0 Å². The van der Waals surface area contributed by atoms with Crippen LogP contribution in [0.1, 0.15) is 11.4 Å². The molecule has 2 aromatic rings. The van der Waals surface area contributed by atoms with Crippen LogP contribution in [0.4, 0.5) is 0 Å². The van der Waals surface area contributed by atoms with Gasteiger partial charge in [-0.15, -0.1) is 23.2 Å². The van der Waals surface area contributed by atoms with Crippen molar-refractivity contribution < 1.29 is 0 Å². The molecule has 0 radical (unpaired) electrons. The van der Waals surface area contributed by atoms with Crippen molar-refractivity contribution in [3.05, 3.63) is 35.9 Å². The quantitative estimate of drug-likeness (QED) is 0.782. The van der Waals surface area contributed by atoms with Gasteiger partial charge in [-0.25, -0.2) is 0 Å². The molecule has 0 aliphatic carbocycles. The van der Waals surface area contributed by atoms with E-state index in [1.807, 2.05) is 12.1 Å². The van der Waals surface area contributed by atoms with Gasteiger partial charge in [0, 0.05) is 23.8 Å². The van der Waals surface area contributed by atoms with Crippen LogP contribution in [0.3, 0.4) is 0 Å². The third-order valence-corrected chi connectivity index (χ3v) is 1.98. The van der Waals surface area contributed by atoms with Gasteiger partial charge >= 0.3 is 0 Å². The maximum absolute atomic E-state index is 5.40. The van der Waals surface area contributed by atoms with E-state index in [0.717, 1.165) is 11.4 Å². The van der Waals surface area contributed by atoms with Crippen molar-refractivity contribution in [2.45, 2.75) is 11.8 Å². The fraction of sp³-hybridized carbons (Fsp3) is 0.250. The fourth-order valence-electron chi connectivity index (χ4n) is 0.718. The molecule has 2 N–H and O–H groups in total. The minimum absolute atomic E-state index is 0.514. The van der Waals surface area contributed by atoms with E-state index in [-0.39, 0.29) is 0 Å². The Morgan fingerprint density at radius 3 is 1.50 bits per heavy atom. The highest BCUT2D eigenvalue weighted by Gasteiger charge is 1.84. The molecule has 0 aromatic carbocycles. The average molecular weight is 233 g/mol. The first-order valence-corrected chi connectivity index (χ1v) is 5.02. The van der Waals surface area contributed by atoms with Crippen molar-refractivity contribution in [3.63, 3.8) is 0 Å². The maximum Gasteiger partial charge on any atom is 0.0641 e. The van der Waals surface area contributed by atoms with Crippen molar-refractivity contribution in [1.82, 2.24) is 20.4 Å². The first-order valence-electron chi connectivity index (χ1n) is 3.95. The van der Waals surface area contributed by atoms with E-state index in [2.05, 4.69) is 20.4 Å². The van der Waals surface area contributed by atoms with Crippen molar-refractivity contribution in [2.75, 3.05) is 0 Å². The highest BCUT2D eigenvalue weighted by atomic mass is 35.5. The van der Waals surface area contributed by atoms with Crippen LogP contribution in [-0.4, -0.2) is 20.4 Å². The summed E-state index contributed by atoms with van der Waals surface area (Å²) < 4.78 is 0. The molecule has 2 heterocycles. The normalized spacial score (nSPS) is 9.29. The topological polar surface area (TPSA) is 57.4 Å². The molecule has 0 amide bonds. The molecule has 0 aliphatic heterocycles. The number of rotatable bonds is 2. The summed E-state index contributed by atoms with van der Waals surface area (Å²) >= 11 is 10.8. The second-order valence-corrected chi connectivity index (χ2v) is 2.97. The van der Waals surface area contributed by atoms with Crippen molar-refractivity contribution in [2.24, 2.45) is 0 Å². The van der Waals surface area contributed by atoms with Gasteiger partial charge < -0.3 is 0 Å². The Hall–Kier alpha value is -1.00. The zero-order valence-corrected chi connectivity index (χ0v) is 8.89. The predicted molar refractivity (Wildman–Crippen MR) is 56.3 cm³/mol. The summed E-state index contributed by atoms with van der Waals surface area (Å²) in [6, 6.07) is 3.68. The Labute approximate surface area is 91.6 Å². The van der Waals surface area contributed by atoms with Crippen LogP contribution in [0.15, 0.2) is 24.5 Å². The van der Waals surface area contributed by atoms with Crippen LogP contribution in [-0.2, 0) is 11.8 Å². The minimum Gasteiger partial charge on any atom is -0.281 e. The molecule has 0 aliphatic rings. The van der Waals surface area contributed by atoms with E-state index in [4.69, 9.17) is 23.2 Å². The van der Waals surface area contributed by atoms with Gasteiger partial charge in [0.15, 0.2) is 0 Å². The molecule has 0 bridgehead atoms. The number of H-pyrrole nitrogens is 2. The number of hydrogen-bond donors (Lipinski definition) is 2. The Bertz CT molecular complexity index is 283. The molecular weight excluding hydrogens is 223 g/mol. The van der Waals surface area contributed by atoms with Crippen LogP contribution in [0, 0.1) is 0 Å². The van der Waals surface area contributed by atoms with Crippen LogP contribution in [0.5, 0.6) is 0 Å². The second kappa shape index (κ2) is 6.45. The van der Waals surface area contributed by atoms with Gasteiger partial charge in [0.25, 0.3) is 0 Å². The molecule has 0 saturated heterocycles. The standard InChI is InChI=1S/2C4H5ClN2/c2*5-3-4-1-2-6-7-4/h2*1-2H,3H2,(H,6,7). The summed E-state index contributed by atoms with van der Waals surface area (Å²) in [4.78, 5) is 0. The highest BCUT2D eigenvalue weighted by Crippen LogP contribution is 1.94. The molecule has 0 atom stereocenters. The largest absolute Gasteiger partial charge is 0.281 e. The van der Waals surface area contributed by atoms with E-state index in [1.54, 1.807) is 12.4 Å². The summed E-state index contributed by atoms with van der Waals surface area (Å²) in [6.45, 7) is 0. The van der Waals surface area contributed by atoms with Gasteiger partial charge in [0.2, 0.25) is 0 Å². The summed E-state index contributed by atoms with van der Waals surface area (Å²) in [7, 11) is 0. The smallest absolute Gasteiger partial charge is 0.0641 e. The molecular formula is C8H10Cl2N4. The van der Waals surface area contributed by atoms with Gasteiger partial charge in [-0.3, -0.25) is 10.2 Å². The van der Waals surface area contributed by atoms with E-state index < -0.39 is 0 Å². The Balaban J connectivity index is 0.000000140. The molecule has 76 valence electrons. The number of alkyl halides is 2. The SMILES string of the molecule is ClCc1ccn[nH]1.ClCc1ccn[nH]1. The first-order chi connectivity index (χ1) is 6.86. The van der Waals surface area contributed by atoms with E-state index in [1.165, 1.54) is 0 Å². The fourth-order valence-corrected chi connectivity index (χ4v) is 1.02. The van der Waals surface area contributed by atoms with Crippen LogP contribution >= 0.6 is 23.2 Å². The number of halogens is 2. The monoisotopic (exact) mass is 232 g/mol. The van der Waals surface area contributed by atoms with E-state index in [9.17, 15) is 0 Å². The molecule has 4 nitrogen and oxygen atoms in total. The number of nitrogens with zero attached hydrogens (tertiary/aromatic N) is 2. The van der Waals surface area contributed by atoms with Gasteiger partial charge in [-0.2, -0.15) is 10.2 Å². The maximum atomic E-state index is 5.40. The summed E-state index contributed by atoms with van der Waals surface area (Å²) in [5.74, 6) is 1.03. The zero-order valence-electron chi connectivity index (χ0n) is 7.37. The summed E-state index contributed by atoms with van der Waals surface area (Å²) in [5.41, 5.74) is 1.92. The third-order valence-electron chi connectivity index (χ3n) is 1.40. The predicted octanol–water partition coefficient (Wildman–Crippen LogP) is 2.30. The second-order valence-electron chi connectivity index (χ2n) is 2.43. The first kappa shape index (κ1) is 11.1. The Morgan fingerprint density at radius 2 is 1.36 bits per heavy atom. The van der Waals surface area contributed by atoms with Gasteiger partial charge in [0.05, 0.1) is 11.8 Å². The lowest BCUT2D eigenvalue weighted by atomic mass is 10.5. The minimum atomic E-state index is 0.514. The molecule has 0 saturated carbocycles. The molecule has 0 spiro atoms. The summed E-state index contributed by atoms with van der Waals surface area (Å²) in [6.07, 6.45) is 3.36. The summed E-state index contributed by atoms with van der Waals surface area (Å²) in [5, 5.41) is 12.8. The average Bonchev–Trinajstić information content (AvgIpc) is 2.92. The highest BCUT2D eigenvalue weighted by molar-refractivity contribution is 6.17. The number of nitrogens with one attached hydrogen (secondary N) is 2. The molecule has 14 heavy (non-hydrogen) atoms. The van der Waals surface area contributed by atoms with Crippen LogP contribution < -0.4 is 0 Å². The van der Waals surface area contributed by atoms with Gasteiger partial charge in [-0.05, 0) is 12.1 Å². The molecule has 6 heteroatoms. The Kier molecular flexibility index (Phi) is 5.11. The van der Waals surface area contributed by atoms with Crippen LogP contribution in [0.25, 0.3) is 0 Å². The molecule has 0 unspecified atom stereocenters. The van der Waals surface area contributed by atoms with Gasteiger partial charge in [0.1, 0.15) is 0 Å². The lowest BCUT2D eigenvalue weighted by molar-refractivity contribution is 1.03. The zero-order chi connectivity index (χ0) is 10.2. The van der Waals surface area contributed by atoms with E-state index in [0.29, 0.717) is 11.8 Å². The van der Waals surface area contributed by atoms with Crippen molar-refractivity contribution >= 4 is 23.2 Å². The molecule has 2 aromatic heterocycles. The molecule has 0 fully saturated rings. The van der Waals surface area contributed by atoms with Crippen LogP contribution in [0.2, 0.25) is 0 Å². The number of aromatic nitrogens is 4. The third kappa shape index (κ3) is 3.81.